The SMILES string of the molecule is CC(Sc1nnc(-c2ccc(Cl)cc2)n1C)C(=O)N(C)c1ccccc1. The number of carbonyl (C=O) groups excluding carboxylic acids is 1. The molecule has 0 radical (unpaired) electrons. The van der Waals surface area contributed by atoms with Gasteiger partial charge < -0.3 is 9.47 Å². The van der Waals surface area contributed by atoms with Crippen molar-refractivity contribution in [3.8, 4) is 11.4 Å². The lowest BCUT2D eigenvalue weighted by molar-refractivity contribution is -0.117. The van der Waals surface area contributed by atoms with E-state index in [9.17, 15) is 4.79 Å². The summed E-state index contributed by atoms with van der Waals surface area (Å²) in [6.07, 6.45) is 0. The van der Waals surface area contributed by atoms with Crippen molar-refractivity contribution in [1.29, 1.82) is 0 Å². The molecule has 26 heavy (non-hydrogen) atoms. The number of carbonyl (C=O) groups is 1. The monoisotopic (exact) mass is 386 g/mol. The van der Waals surface area contributed by atoms with E-state index in [1.54, 1.807) is 11.9 Å². The molecule has 0 saturated heterocycles. The van der Waals surface area contributed by atoms with Gasteiger partial charge in [0.2, 0.25) is 5.91 Å². The Labute approximate surface area is 162 Å². The van der Waals surface area contributed by atoms with Crippen molar-refractivity contribution in [2.75, 3.05) is 11.9 Å². The molecule has 0 aliphatic carbocycles. The number of anilines is 1. The molecule has 134 valence electrons. The first-order valence-corrected chi connectivity index (χ1v) is 9.37. The maximum absolute atomic E-state index is 12.7. The molecule has 0 saturated carbocycles. The van der Waals surface area contributed by atoms with Gasteiger partial charge in [0.25, 0.3) is 0 Å². The zero-order valence-corrected chi connectivity index (χ0v) is 16.3. The van der Waals surface area contributed by atoms with Gasteiger partial charge in [-0.2, -0.15) is 0 Å². The van der Waals surface area contributed by atoms with E-state index < -0.39 is 0 Å². The quantitative estimate of drug-likeness (QED) is 0.614. The van der Waals surface area contributed by atoms with Crippen LogP contribution in [0, 0.1) is 0 Å². The van der Waals surface area contributed by atoms with E-state index in [2.05, 4.69) is 10.2 Å². The molecular weight excluding hydrogens is 368 g/mol. The highest BCUT2D eigenvalue weighted by atomic mass is 35.5. The average molecular weight is 387 g/mol. The number of hydrogen-bond acceptors (Lipinski definition) is 4. The molecule has 1 heterocycles. The molecule has 7 heteroatoms. The summed E-state index contributed by atoms with van der Waals surface area (Å²) in [5, 5.41) is 9.57. The molecule has 1 aromatic heterocycles. The number of thioether (sulfide) groups is 1. The van der Waals surface area contributed by atoms with Crippen molar-refractivity contribution < 1.29 is 4.79 Å². The summed E-state index contributed by atoms with van der Waals surface area (Å²) in [6, 6.07) is 17.0. The fourth-order valence-electron chi connectivity index (χ4n) is 2.53. The second kappa shape index (κ2) is 7.93. The van der Waals surface area contributed by atoms with Crippen molar-refractivity contribution in [2.24, 2.45) is 7.05 Å². The Morgan fingerprint density at radius 1 is 1.12 bits per heavy atom. The summed E-state index contributed by atoms with van der Waals surface area (Å²) in [5.41, 5.74) is 1.79. The van der Waals surface area contributed by atoms with E-state index in [1.807, 2.05) is 73.1 Å². The third kappa shape index (κ3) is 3.92. The van der Waals surface area contributed by atoms with Gasteiger partial charge in [0.1, 0.15) is 0 Å². The summed E-state index contributed by atoms with van der Waals surface area (Å²) >= 11 is 7.33. The van der Waals surface area contributed by atoms with Crippen LogP contribution in [0.4, 0.5) is 5.69 Å². The number of benzene rings is 2. The van der Waals surface area contributed by atoms with Crippen molar-refractivity contribution >= 4 is 35.0 Å². The van der Waals surface area contributed by atoms with E-state index >= 15 is 0 Å². The molecular formula is C19H19ClN4OS. The third-order valence-corrected chi connectivity index (χ3v) is 5.41. The minimum Gasteiger partial charge on any atom is -0.315 e. The van der Waals surface area contributed by atoms with E-state index in [0.29, 0.717) is 10.2 Å². The molecule has 1 amide bonds. The summed E-state index contributed by atoms with van der Waals surface area (Å²) in [4.78, 5) is 14.4. The van der Waals surface area contributed by atoms with Crippen LogP contribution < -0.4 is 4.90 Å². The van der Waals surface area contributed by atoms with Crippen LogP contribution in [0.2, 0.25) is 5.02 Å². The first kappa shape index (κ1) is 18.5. The molecule has 2 aromatic carbocycles. The van der Waals surface area contributed by atoms with Gasteiger partial charge in [-0.15, -0.1) is 10.2 Å². The van der Waals surface area contributed by atoms with Crippen molar-refractivity contribution in [3.05, 3.63) is 59.6 Å². The highest BCUT2D eigenvalue weighted by molar-refractivity contribution is 8.00. The molecule has 3 aromatic rings. The topological polar surface area (TPSA) is 51.0 Å². The Morgan fingerprint density at radius 2 is 1.77 bits per heavy atom. The Kier molecular flexibility index (Phi) is 5.64. The minimum atomic E-state index is -0.291. The number of rotatable bonds is 5. The number of hydrogen-bond donors (Lipinski definition) is 0. The lowest BCUT2D eigenvalue weighted by Gasteiger charge is -2.20. The number of aromatic nitrogens is 3. The van der Waals surface area contributed by atoms with Gasteiger partial charge in [-0.3, -0.25) is 4.79 Å². The van der Waals surface area contributed by atoms with Crippen LogP contribution in [0.25, 0.3) is 11.4 Å². The second-order valence-electron chi connectivity index (χ2n) is 5.86. The lowest BCUT2D eigenvalue weighted by Crippen LogP contribution is -2.33. The molecule has 3 rings (SSSR count). The molecule has 0 bridgehead atoms. The van der Waals surface area contributed by atoms with E-state index in [-0.39, 0.29) is 11.2 Å². The zero-order valence-electron chi connectivity index (χ0n) is 14.8. The van der Waals surface area contributed by atoms with Gasteiger partial charge in [-0.1, -0.05) is 41.6 Å². The Balaban J connectivity index is 1.74. The first-order chi connectivity index (χ1) is 12.5. The normalized spacial score (nSPS) is 12.0. The maximum Gasteiger partial charge on any atom is 0.240 e. The van der Waals surface area contributed by atoms with Crippen LogP contribution in [-0.2, 0) is 11.8 Å². The largest absolute Gasteiger partial charge is 0.315 e. The average Bonchev–Trinajstić information content (AvgIpc) is 3.02. The molecule has 5 nitrogen and oxygen atoms in total. The van der Waals surface area contributed by atoms with Crippen molar-refractivity contribution in [2.45, 2.75) is 17.3 Å². The van der Waals surface area contributed by atoms with Gasteiger partial charge in [0, 0.05) is 30.4 Å². The summed E-state index contributed by atoms with van der Waals surface area (Å²) in [6.45, 7) is 1.88. The number of nitrogens with zero attached hydrogens (tertiary/aromatic N) is 4. The van der Waals surface area contributed by atoms with E-state index in [0.717, 1.165) is 17.1 Å². The predicted molar refractivity (Wildman–Crippen MR) is 107 cm³/mol. The van der Waals surface area contributed by atoms with Crippen molar-refractivity contribution in [1.82, 2.24) is 14.8 Å². The van der Waals surface area contributed by atoms with E-state index in [4.69, 9.17) is 11.6 Å². The minimum absolute atomic E-state index is 0.0113. The van der Waals surface area contributed by atoms with Crippen LogP contribution in [0.5, 0.6) is 0 Å². The van der Waals surface area contributed by atoms with Gasteiger partial charge >= 0.3 is 0 Å². The van der Waals surface area contributed by atoms with Crippen LogP contribution in [0.1, 0.15) is 6.92 Å². The standard InChI is InChI=1S/C19H19ClN4OS/c1-13(18(25)23(2)16-7-5-4-6-8-16)26-19-22-21-17(24(19)3)14-9-11-15(20)12-10-14/h4-13H,1-3H3. The van der Waals surface area contributed by atoms with Gasteiger partial charge in [-0.05, 0) is 43.3 Å². The van der Waals surface area contributed by atoms with Crippen LogP contribution in [-0.4, -0.2) is 33.0 Å². The summed E-state index contributed by atoms with van der Waals surface area (Å²) in [5.74, 6) is 0.748. The Hall–Kier alpha value is -2.31. The second-order valence-corrected chi connectivity index (χ2v) is 7.61. The fourth-order valence-corrected chi connectivity index (χ4v) is 3.56. The smallest absolute Gasteiger partial charge is 0.240 e. The number of halogens is 1. The molecule has 0 N–H and O–H groups in total. The Bertz CT molecular complexity index is 896. The van der Waals surface area contributed by atoms with Gasteiger partial charge in [0.05, 0.1) is 5.25 Å². The molecule has 0 spiro atoms. The third-order valence-electron chi connectivity index (χ3n) is 4.04. The van der Waals surface area contributed by atoms with Crippen LogP contribution >= 0.6 is 23.4 Å². The summed E-state index contributed by atoms with van der Waals surface area (Å²) < 4.78 is 1.89. The Morgan fingerprint density at radius 3 is 2.42 bits per heavy atom. The molecule has 0 aliphatic rings. The predicted octanol–water partition coefficient (Wildman–Crippen LogP) is 4.28. The fraction of sp³-hybridized carbons (Fsp3) is 0.211. The van der Waals surface area contributed by atoms with Crippen LogP contribution in [0.15, 0.2) is 59.8 Å². The van der Waals surface area contributed by atoms with E-state index in [1.165, 1.54) is 11.8 Å². The number of amides is 1. The highest BCUT2D eigenvalue weighted by Gasteiger charge is 2.22. The molecule has 1 atom stereocenters. The molecule has 1 unspecified atom stereocenters. The highest BCUT2D eigenvalue weighted by Crippen LogP contribution is 2.27. The maximum atomic E-state index is 12.7. The molecule has 0 aliphatic heterocycles. The zero-order chi connectivity index (χ0) is 18.7. The lowest BCUT2D eigenvalue weighted by atomic mass is 10.2. The van der Waals surface area contributed by atoms with Crippen molar-refractivity contribution in [3.63, 3.8) is 0 Å². The number of para-hydroxylation sites is 1. The van der Waals surface area contributed by atoms with Gasteiger partial charge in [-0.25, -0.2) is 0 Å². The molecule has 0 fully saturated rings. The van der Waals surface area contributed by atoms with Crippen LogP contribution in [0.3, 0.4) is 0 Å². The first-order valence-electron chi connectivity index (χ1n) is 8.12. The summed E-state index contributed by atoms with van der Waals surface area (Å²) in [7, 11) is 3.68. The van der Waals surface area contributed by atoms with Gasteiger partial charge in [0.15, 0.2) is 11.0 Å².